The molecule has 0 bridgehead atoms. The summed E-state index contributed by atoms with van der Waals surface area (Å²) in [5.74, 6) is -0.431. The molecule has 2 amide bonds. The van der Waals surface area contributed by atoms with Gasteiger partial charge in [-0.3, -0.25) is 24.0 Å². The van der Waals surface area contributed by atoms with Gasteiger partial charge in [-0.1, -0.05) is 78.3 Å². The van der Waals surface area contributed by atoms with Gasteiger partial charge in [0.15, 0.2) is 0 Å². The molecule has 0 saturated heterocycles. The van der Waals surface area contributed by atoms with Crippen LogP contribution in [0.5, 0.6) is 5.75 Å². The minimum absolute atomic E-state index is 0.00260. The fourth-order valence-corrected chi connectivity index (χ4v) is 7.04. The van der Waals surface area contributed by atoms with E-state index in [1.54, 1.807) is 12.1 Å². The number of aryl methyl sites for hydroxylation is 1. The van der Waals surface area contributed by atoms with Crippen LogP contribution in [0.4, 0.5) is 11.4 Å². The lowest BCUT2D eigenvalue weighted by Gasteiger charge is -2.34. The summed E-state index contributed by atoms with van der Waals surface area (Å²) in [5.41, 5.74) is 1.57. The van der Waals surface area contributed by atoms with Crippen molar-refractivity contribution >= 4 is 49.1 Å². The van der Waals surface area contributed by atoms with Gasteiger partial charge in [-0.05, 0) is 66.4 Å². The molecule has 0 aliphatic carbocycles. The second-order valence-corrected chi connectivity index (χ2v) is 14.7. The Kier molecular flexibility index (Phi) is 12.5. The summed E-state index contributed by atoms with van der Waals surface area (Å²) in [6.45, 7) is 5.11. The molecule has 0 saturated carbocycles. The van der Waals surface area contributed by atoms with Crippen LogP contribution in [0.1, 0.15) is 30.5 Å². The molecule has 1 atom stereocenters. The fourth-order valence-electron chi connectivity index (χ4n) is 5.16. The van der Waals surface area contributed by atoms with Crippen molar-refractivity contribution in [1.29, 1.82) is 0 Å². The number of nitro benzene ring substituents is 1. The maximum absolute atomic E-state index is 14.6. The Labute approximate surface area is 295 Å². The van der Waals surface area contributed by atoms with Crippen molar-refractivity contribution in [1.82, 2.24) is 10.2 Å². The van der Waals surface area contributed by atoms with Gasteiger partial charge >= 0.3 is 0 Å². The molecule has 0 fully saturated rings. The smallest absolute Gasteiger partial charge is 0.273 e. The number of hydrogen-bond donors (Lipinski definition) is 1. The summed E-state index contributed by atoms with van der Waals surface area (Å²) in [7, 11) is -3.08. The van der Waals surface area contributed by atoms with Crippen LogP contribution in [0.2, 0.25) is 0 Å². The lowest BCUT2D eigenvalue weighted by atomic mass is 10.0. The van der Waals surface area contributed by atoms with Gasteiger partial charge in [0.05, 0.1) is 22.6 Å². The molecule has 0 aliphatic rings. The van der Waals surface area contributed by atoms with Gasteiger partial charge in [0.25, 0.3) is 15.7 Å². The highest BCUT2D eigenvalue weighted by Crippen LogP contribution is 2.30. The molecule has 0 aromatic heterocycles. The normalized spacial score (nSPS) is 11.9. The molecule has 4 aromatic rings. The van der Waals surface area contributed by atoms with Crippen molar-refractivity contribution in [3.05, 3.63) is 128 Å². The third-order valence-corrected chi connectivity index (χ3v) is 10.1. The van der Waals surface area contributed by atoms with Crippen molar-refractivity contribution in [2.45, 2.75) is 44.7 Å². The number of hydrogen-bond acceptors (Lipinski definition) is 7. The summed E-state index contributed by atoms with van der Waals surface area (Å²) in [6, 6.07) is 25.3. The first-order valence-electron chi connectivity index (χ1n) is 15.6. The van der Waals surface area contributed by atoms with E-state index in [4.69, 9.17) is 4.74 Å². The highest BCUT2D eigenvalue weighted by atomic mass is 79.9. The number of carbonyl (C=O) groups is 2. The Morgan fingerprint density at radius 1 is 0.939 bits per heavy atom. The lowest BCUT2D eigenvalue weighted by molar-refractivity contribution is -0.385. The van der Waals surface area contributed by atoms with Crippen molar-refractivity contribution in [3.63, 3.8) is 0 Å². The second kappa shape index (κ2) is 16.6. The summed E-state index contributed by atoms with van der Waals surface area (Å²) >= 11 is 3.48. The molecule has 0 radical (unpaired) electrons. The van der Waals surface area contributed by atoms with Crippen molar-refractivity contribution in [2.24, 2.45) is 5.92 Å². The van der Waals surface area contributed by atoms with Crippen molar-refractivity contribution < 1.29 is 27.7 Å². The third kappa shape index (κ3) is 9.67. The topological polar surface area (TPSA) is 139 Å². The molecule has 0 aliphatic heterocycles. The maximum Gasteiger partial charge on any atom is 0.273 e. The number of benzene rings is 4. The van der Waals surface area contributed by atoms with Crippen LogP contribution in [0.3, 0.4) is 0 Å². The lowest BCUT2D eigenvalue weighted by Crippen LogP contribution is -2.53. The number of nitrogens with zero attached hydrogens (tertiary/aromatic N) is 3. The van der Waals surface area contributed by atoms with Crippen LogP contribution < -0.4 is 14.4 Å². The minimum Gasteiger partial charge on any atom is -0.497 e. The highest BCUT2D eigenvalue weighted by molar-refractivity contribution is 9.10. The van der Waals surface area contributed by atoms with Crippen LogP contribution >= 0.6 is 15.9 Å². The van der Waals surface area contributed by atoms with E-state index in [0.717, 1.165) is 20.4 Å². The van der Waals surface area contributed by atoms with E-state index in [2.05, 4.69) is 21.2 Å². The first kappa shape index (κ1) is 37.1. The number of anilines is 1. The van der Waals surface area contributed by atoms with Gasteiger partial charge in [-0.15, -0.1) is 0 Å². The number of sulfonamides is 1. The minimum atomic E-state index is -4.55. The standard InChI is InChI=1S/C36H39BrN4O7S/c1-25(2)22-38-36(43)34(20-27-9-6-5-7-10-27)39(23-28-11-8-12-29(37)19-28)35(42)24-40(30-14-16-31(48-4)17-15-30)49(46,47)32-18-13-26(3)33(21-32)41(44)45/h5-19,21,25,34H,20,22-24H2,1-4H3,(H,38,43)/t34-/m1/s1. The predicted molar refractivity (Wildman–Crippen MR) is 192 cm³/mol. The molecule has 258 valence electrons. The van der Waals surface area contributed by atoms with E-state index in [-0.39, 0.29) is 46.6 Å². The SMILES string of the molecule is COc1ccc(N(CC(=O)N(Cc2cccc(Br)c2)[C@H](Cc2ccccc2)C(=O)NCC(C)C)S(=O)(=O)c2ccc(C)c([N+](=O)[O-])c2)cc1. The average Bonchev–Trinajstić information content (AvgIpc) is 3.08. The molecule has 1 N–H and O–H groups in total. The van der Waals surface area contributed by atoms with Gasteiger partial charge < -0.3 is 15.0 Å². The van der Waals surface area contributed by atoms with Gasteiger partial charge in [0.2, 0.25) is 11.8 Å². The molecule has 49 heavy (non-hydrogen) atoms. The Bertz CT molecular complexity index is 1890. The summed E-state index contributed by atoms with van der Waals surface area (Å²) < 4.78 is 35.6. The zero-order valence-electron chi connectivity index (χ0n) is 27.7. The Morgan fingerprint density at radius 2 is 1.61 bits per heavy atom. The van der Waals surface area contributed by atoms with Crippen LogP contribution in [0, 0.1) is 23.0 Å². The molecule has 4 aromatic carbocycles. The van der Waals surface area contributed by atoms with E-state index >= 15 is 0 Å². The van der Waals surface area contributed by atoms with Crippen LogP contribution in [-0.4, -0.2) is 56.3 Å². The number of carbonyl (C=O) groups excluding carboxylic acids is 2. The third-order valence-electron chi connectivity index (χ3n) is 7.80. The Balaban J connectivity index is 1.84. The molecule has 0 spiro atoms. The highest BCUT2D eigenvalue weighted by Gasteiger charge is 2.35. The summed E-state index contributed by atoms with van der Waals surface area (Å²) in [5, 5.41) is 14.7. The van der Waals surface area contributed by atoms with E-state index in [0.29, 0.717) is 17.9 Å². The molecular formula is C36H39BrN4O7S. The zero-order chi connectivity index (χ0) is 35.7. The molecule has 0 heterocycles. The van der Waals surface area contributed by atoms with E-state index in [1.807, 2.05) is 68.4 Å². The number of halogens is 1. The predicted octanol–water partition coefficient (Wildman–Crippen LogP) is 6.28. The first-order valence-corrected chi connectivity index (χ1v) is 17.8. The Hall–Kier alpha value is -4.75. The average molecular weight is 752 g/mol. The number of amides is 2. The van der Waals surface area contributed by atoms with Gasteiger partial charge in [-0.2, -0.15) is 0 Å². The van der Waals surface area contributed by atoms with Gasteiger partial charge in [0, 0.05) is 35.6 Å². The first-order chi connectivity index (χ1) is 23.3. The van der Waals surface area contributed by atoms with E-state index in [9.17, 15) is 28.1 Å². The monoisotopic (exact) mass is 750 g/mol. The van der Waals surface area contributed by atoms with Crippen LogP contribution in [0.15, 0.2) is 106 Å². The summed E-state index contributed by atoms with van der Waals surface area (Å²) in [4.78, 5) is 40.7. The van der Waals surface area contributed by atoms with Crippen LogP contribution in [0.25, 0.3) is 0 Å². The molecule has 11 nitrogen and oxygen atoms in total. The largest absolute Gasteiger partial charge is 0.497 e. The van der Waals surface area contributed by atoms with Crippen molar-refractivity contribution in [3.8, 4) is 5.75 Å². The molecule has 0 unspecified atom stereocenters. The molecular weight excluding hydrogens is 712 g/mol. The quantitative estimate of drug-likeness (QED) is 0.111. The number of rotatable bonds is 15. The number of methoxy groups -OCH3 is 1. The number of ether oxygens (including phenoxy) is 1. The van der Waals surface area contributed by atoms with E-state index in [1.165, 1.54) is 43.2 Å². The zero-order valence-corrected chi connectivity index (χ0v) is 30.1. The van der Waals surface area contributed by atoms with Gasteiger partial charge in [-0.25, -0.2) is 8.42 Å². The summed E-state index contributed by atoms with van der Waals surface area (Å²) in [6.07, 6.45) is 0.171. The number of nitrogens with one attached hydrogen (secondary N) is 1. The maximum atomic E-state index is 14.6. The van der Waals surface area contributed by atoms with Crippen LogP contribution in [-0.2, 0) is 32.6 Å². The Morgan fingerprint density at radius 3 is 2.22 bits per heavy atom. The number of nitro groups is 1. The second-order valence-electron chi connectivity index (χ2n) is 11.9. The van der Waals surface area contributed by atoms with Crippen molar-refractivity contribution in [2.75, 3.05) is 24.5 Å². The molecule has 4 rings (SSSR count). The fraction of sp³-hybridized carbons (Fsp3) is 0.278. The van der Waals surface area contributed by atoms with Gasteiger partial charge in [0.1, 0.15) is 18.3 Å². The van der Waals surface area contributed by atoms with E-state index < -0.39 is 33.4 Å². The molecule has 13 heteroatoms.